The molecule has 0 spiro atoms. The van der Waals surface area contributed by atoms with E-state index in [1.807, 2.05) is 18.2 Å². The van der Waals surface area contributed by atoms with Crippen molar-refractivity contribution in [1.29, 1.82) is 0 Å². The van der Waals surface area contributed by atoms with Crippen LogP contribution < -0.4 is 10.6 Å². The van der Waals surface area contributed by atoms with Crippen LogP contribution in [0.1, 0.15) is 26.4 Å². The van der Waals surface area contributed by atoms with E-state index in [-0.39, 0.29) is 17.5 Å². The molecule has 3 aromatic rings. The summed E-state index contributed by atoms with van der Waals surface area (Å²) in [6.07, 6.45) is 7.07. The molecule has 0 fully saturated rings. The van der Waals surface area contributed by atoms with Gasteiger partial charge in [0.2, 0.25) is 0 Å². The van der Waals surface area contributed by atoms with Gasteiger partial charge in [0.15, 0.2) is 0 Å². The molecule has 4 rings (SSSR count). The largest absolute Gasteiger partial charge is 0.352 e. The van der Waals surface area contributed by atoms with Crippen molar-refractivity contribution >= 4 is 17.5 Å². The Morgan fingerprint density at radius 3 is 2.77 bits per heavy atom. The number of nitrogens with zero attached hydrogens (tertiary/aromatic N) is 3. The zero-order valence-electron chi connectivity index (χ0n) is 13.8. The Morgan fingerprint density at radius 2 is 1.92 bits per heavy atom. The lowest BCUT2D eigenvalue weighted by Gasteiger charge is -2.19. The van der Waals surface area contributed by atoms with Crippen molar-refractivity contribution in [2.45, 2.75) is 6.42 Å². The van der Waals surface area contributed by atoms with Crippen molar-refractivity contribution in [3.05, 3.63) is 71.9 Å². The van der Waals surface area contributed by atoms with E-state index in [1.54, 1.807) is 30.7 Å². The van der Waals surface area contributed by atoms with E-state index in [1.165, 1.54) is 6.20 Å². The normalized spacial score (nSPS) is 12.8. The maximum atomic E-state index is 12.7. The van der Waals surface area contributed by atoms with Crippen LogP contribution in [0.15, 0.2) is 55.1 Å². The Hall–Kier alpha value is -3.61. The van der Waals surface area contributed by atoms with Crippen molar-refractivity contribution in [3.63, 3.8) is 0 Å². The van der Waals surface area contributed by atoms with Gasteiger partial charge < -0.3 is 10.6 Å². The molecule has 0 saturated heterocycles. The van der Waals surface area contributed by atoms with E-state index in [2.05, 4.69) is 25.6 Å². The number of carbonyl (C=O) groups is 2. The van der Waals surface area contributed by atoms with E-state index < -0.39 is 0 Å². The molecule has 26 heavy (non-hydrogen) atoms. The Labute approximate surface area is 149 Å². The molecule has 0 atom stereocenters. The number of pyridine rings is 3. The summed E-state index contributed by atoms with van der Waals surface area (Å²) in [6.45, 7) is 0.536. The molecule has 128 valence electrons. The number of fused-ring (bicyclic) bond motifs is 1. The van der Waals surface area contributed by atoms with E-state index in [9.17, 15) is 9.59 Å². The molecule has 7 heteroatoms. The van der Waals surface area contributed by atoms with E-state index in [0.717, 1.165) is 11.1 Å². The summed E-state index contributed by atoms with van der Waals surface area (Å²) in [5.74, 6) is -0.519. The first kappa shape index (κ1) is 15.9. The van der Waals surface area contributed by atoms with Crippen LogP contribution in [0.25, 0.3) is 11.3 Å². The van der Waals surface area contributed by atoms with Crippen LogP contribution in [-0.2, 0) is 6.42 Å². The molecule has 3 aromatic heterocycles. The third kappa shape index (κ3) is 3.02. The first-order chi connectivity index (χ1) is 12.7. The van der Waals surface area contributed by atoms with E-state index >= 15 is 0 Å². The number of anilines is 1. The predicted molar refractivity (Wildman–Crippen MR) is 95.7 cm³/mol. The van der Waals surface area contributed by atoms with Gasteiger partial charge in [-0.05, 0) is 36.2 Å². The van der Waals surface area contributed by atoms with Crippen LogP contribution in [0.3, 0.4) is 0 Å². The lowest BCUT2D eigenvalue weighted by Crippen LogP contribution is -2.32. The Bertz CT molecular complexity index is 988. The fourth-order valence-corrected chi connectivity index (χ4v) is 2.89. The molecular weight excluding hydrogens is 330 g/mol. The molecule has 1 aliphatic heterocycles. The molecule has 0 aliphatic carbocycles. The predicted octanol–water partition coefficient (Wildman–Crippen LogP) is 2.08. The van der Waals surface area contributed by atoms with Gasteiger partial charge >= 0.3 is 0 Å². The van der Waals surface area contributed by atoms with Crippen molar-refractivity contribution < 1.29 is 9.59 Å². The fourth-order valence-electron chi connectivity index (χ4n) is 2.89. The minimum atomic E-state index is -0.345. The smallest absolute Gasteiger partial charge is 0.274 e. The summed E-state index contributed by atoms with van der Waals surface area (Å²) in [7, 11) is 0. The monoisotopic (exact) mass is 345 g/mol. The maximum Gasteiger partial charge on any atom is 0.274 e. The number of aromatic nitrogens is 3. The highest BCUT2D eigenvalue weighted by Crippen LogP contribution is 2.23. The quantitative estimate of drug-likeness (QED) is 0.757. The van der Waals surface area contributed by atoms with Crippen LogP contribution in [0.5, 0.6) is 0 Å². The Morgan fingerprint density at radius 1 is 1.08 bits per heavy atom. The molecule has 0 aromatic carbocycles. The topological polar surface area (TPSA) is 96.9 Å². The molecule has 0 radical (unpaired) electrons. The summed E-state index contributed by atoms with van der Waals surface area (Å²) in [5, 5.41) is 5.60. The average Bonchev–Trinajstić information content (AvgIpc) is 2.69. The first-order valence-corrected chi connectivity index (χ1v) is 8.16. The molecule has 2 amide bonds. The molecule has 7 nitrogen and oxygen atoms in total. The molecule has 0 unspecified atom stereocenters. The molecule has 2 N–H and O–H groups in total. The zero-order chi connectivity index (χ0) is 17.9. The third-order valence-electron chi connectivity index (χ3n) is 4.17. The number of amides is 2. The first-order valence-electron chi connectivity index (χ1n) is 8.16. The lowest BCUT2D eigenvalue weighted by molar-refractivity contribution is 0.0944. The van der Waals surface area contributed by atoms with Crippen molar-refractivity contribution in [2.75, 3.05) is 11.9 Å². The van der Waals surface area contributed by atoms with E-state index in [0.29, 0.717) is 29.9 Å². The summed E-state index contributed by atoms with van der Waals surface area (Å²) in [6, 6.07) is 8.93. The highest BCUT2D eigenvalue weighted by atomic mass is 16.2. The van der Waals surface area contributed by atoms with Gasteiger partial charge in [-0.15, -0.1) is 0 Å². The Kier molecular flexibility index (Phi) is 4.10. The standard InChI is InChI=1S/C19H15N5O2/c25-18-14-10-21-11-17(13(14)6-9-22-18)24-19(26)16-3-1-2-15(23-16)12-4-7-20-8-5-12/h1-5,7-8,10-11H,6,9H2,(H,22,25)(H,24,26). The van der Waals surface area contributed by atoms with Gasteiger partial charge in [0.05, 0.1) is 23.1 Å². The number of rotatable bonds is 3. The highest BCUT2D eigenvalue weighted by molar-refractivity contribution is 6.05. The summed E-state index contributed by atoms with van der Waals surface area (Å²) < 4.78 is 0. The van der Waals surface area contributed by atoms with Gasteiger partial charge in [0.25, 0.3) is 11.8 Å². The molecule has 0 bridgehead atoms. The second-order valence-electron chi connectivity index (χ2n) is 5.82. The van der Waals surface area contributed by atoms with Gasteiger partial charge in [-0.2, -0.15) is 0 Å². The number of nitrogens with one attached hydrogen (secondary N) is 2. The Balaban J connectivity index is 1.62. The summed E-state index contributed by atoms with van der Waals surface area (Å²) >= 11 is 0. The number of hydrogen-bond donors (Lipinski definition) is 2. The maximum absolute atomic E-state index is 12.7. The molecule has 0 saturated carbocycles. The number of carbonyl (C=O) groups excluding carboxylic acids is 2. The minimum Gasteiger partial charge on any atom is -0.352 e. The second kappa shape index (κ2) is 6.72. The highest BCUT2D eigenvalue weighted by Gasteiger charge is 2.21. The van der Waals surface area contributed by atoms with Gasteiger partial charge in [0.1, 0.15) is 5.69 Å². The third-order valence-corrected chi connectivity index (χ3v) is 4.17. The fraction of sp³-hybridized carbons (Fsp3) is 0.105. The van der Waals surface area contributed by atoms with Gasteiger partial charge in [0, 0.05) is 30.7 Å². The van der Waals surface area contributed by atoms with Crippen LogP contribution in [-0.4, -0.2) is 33.3 Å². The SMILES string of the molecule is O=C(Nc1cncc2c1CCNC2=O)c1cccc(-c2ccncc2)n1. The minimum absolute atomic E-state index is 0.173. The summed E-state index contributed by atoms with van der Waals surface area (Å²) in [4.78, 5) is 37.0. The van der Waals surface area contributed by atoms with Gasteiger partial charge in [-0.25, -0.2) is 4.98 Å². The average molecular weight is 345 g/mol. The molecule has 1 aliphatic rings. The van der Waals surface area contributed by atoms with E-state index in [4.69, 9.17) is 0 Å². The number of hydrogen-bond acceptors (Lipinski definition) is 5. The van der Waals surface area contributed by atoms with Gasteiger partial charge in [-0.3, -0.25) is 19.6 Å². The van der Waals surface area contributed by atoms with Crippen molar-refractivity contribution in [3.8, 4) is 11.3 Å². The van der Waals surface area contributed by atoms with Crippen LogP contribution >= 0.6 is 0 Å². The van der Waals surface area contributed by atoms with Gasteiger partial charge in [-0.1, -0.05) is 6.07 Å². The summed E-state index contributed by atoms with van der Waals surface area (Å²) in [5.41, 5.74) is 3.68. The second-order valence-corrected chi connectivity index (χ2v) is 5.82. The van der Waals surface area contributed by atoms with Crippen molar-refractivity contribution in [1.82, 2.24) is 20.3 Å². The zero-order valence-corrected chi connectivity index (χ0v) is 13.8. The van der Waals surface area contributed by atoms with Crippen molar-refractivity contribution in [2.24, 2.45) is 0 Å². The molecular formula is C19H15N5O2. The van der Waals surface area contributed by atoms with Crippen LogP contribution in [0.4, 0.5) is 5.69 Å². The molecule has 4 heterocycles. The van der Waals surface area contributed by atoms with Crippen LogP contribution in [0.2, 0.25) is 0 Å². The van der Waals surface area contributed by atoms with Crippen LogP contribution in [0, 0.1) is 0 Å². The lowest BCUT2D eigenvalue weighted by atomic mass is 10.0.